The van der Waals surface area contributed by atoms with Crippen molar-refractivity contribution >= 4 is 38.7 Å². The molecule has 5 rings (SSSR count). The van der Waals surface area contributed by atoms with Gasteiger partial charge in [-0.25, -0.2) is 0 Å². The van der Waals surface area contributed by atoms with Crippen LogP contribution in [0.1, 0.15) is 16.8 Å². The van der Waals surface area contributed by atoms with E-state index in [-0.39, 0.29) is 10.6 Å². The first-order valence-electron chi connectivity index (χ1n) is 11.3. The normalized spacial score (nSPS) is 12.1. The molecule has 0 atom stereocenters. The van der Waals surface area contributed by atoms with Crippen LogP contribution in [0.5, 0.6) is 0 Å². The molecule has 2 aromatic heterocycles. The molecule has 0 aliphatic rings. The van der Waals surface area contributed by atoms with Crippen molar-refractivity contribution in [1.82, 2.24) is 4.40 Å². The van der Waals surface area contributed by atoms with Crippen LogP contribution in [0.15, 0.2) is 128 Å². The second-order valence-corrected chi connectivity index (χ2v) is 10.9. The highest BCUT2D eigenvalue weighted by molar-refractivity contribution is 7.99. The third-order valence-electron chi connectivity index (χ3n) is 5.82. The Balaban J connectivity index is 1.71. The van der Waals surface area contributed by atoms with Crippen LogP contribution in [0.4, 0.5) is 5.69 Å². The first kappa shape index (κ1) is 24.5. The molecule has 0 unspecified atom stereocenters. The van der Waals surface area contributed by atoms with Gasteiger partial charge in [-0.1, -0.05) is 66.4 Å². The van der Waals surface area contributed by atoms with Gasteiger partial charge in [-0.15, -0.1) is 0 Å². The number of aromatic nitrogens is 1. The van der Waals surface area contributed by atoms with Crippen LogP contribution in [0.25, 0.3) is 5.52 Å². The summed E-state index contributed by atoms with van der Waals surface area (Å²) in [4.78, 5) is 12.5. The fourth-order valence-electron chi connectivity index (χ4n) is 4.07. The molecule has 37 heavy (non-hydrogen) atoms. The maximum absolute atomic E-state index is 13.4. The summed E-state index contributed by atoms with van der Waals surface area (Å²) >= 11 is 1.46. The maximum Gasteiger partial charge on any atom is 0.282 e. The molecule has 9 heteroatoms. The van der Waals surface area contributed by atoms with Gasteiger partial charge in [0.05, 0.1) is 21.0 Å². The van der Waals surface area contributed by atoms with Crippen molar-refractivity contribution in [2.45, 2.75) is 21.6 Å². The van der Waals surface area contributed by atoms with Crippen LogP contribution in [0, 0.1) is 17.0 Å². The fraction of sp³-hybridized carbons (Fsp3) is 0.0357. The number of non-ortho nitro benzene ring substituents is 1. The highest BCUT2D eigenvalue weighted by Gasteiger charge is 2.24. The van der Waals surface area contributed by atoms with E-state index in [4.69, 9.17) is 0 Å². The number of pyridine rings is 1. The summed E-state index contributed by atoms with van der Waals surface area (Å²) in [6.07, 6.45) is 1.88. The van der Waals surface area contributed by atoms with Gasteiger partial charge >= 0.3 is 0 Å². The van der Waals surface area contributed by atoms with Crippen LogP contribution in [-0.4, -0.2) is 23.5 Å². The number of sulfonamides is 1. The van der Waals surface area contributed by atoms with Gasteiger partial charge in [-0.2, -0.15) is 12.8 Å². The molecular weight excluding hydrogens is 506 g/mol. The number of nitro benzene ring substituents is 1. The minimum absolute atomic E-state index is 0.0214. The minimum Gasteiger partial charge on any atom is -0.314 e. The second kappa shape index (κ2) is 10.0. The van der Waals surface area contributed by atoms with Crippen LogP contribution < -0.4 is 0 Å². The predicted octanol–water partition coefficient (Wildman–Crippen LogP) is 6.53. The Morgan fingerprint density at radius 3 is 2.14 bits per heavy atom. The van der Waals surface area contributed by atoms with E-state index in [1.807, 2.05) is 66.1 Å². The van der Waals surface area contributed by atoms with Crippen molar-refractivity contribution in [3.63, 3.8) is 0 Å². The Morgan fingerprint density at radius 1 is 0.865 bits per heavy atom. The number of nitro groups is 1. The predicted molar refractivity (Wildman–Crippen MR) is 145 cm³/mol. The minimum atomic E-state index is -4.00. The molecule has 5 aromatic rings. The number of benzene rings is 3. The van der Waals surface area contributed by atoms with Crippen molar-refractivity contribution in [1.29, 1.82) is 0 Å². The number of hydrogen-bond acceptors (Lipinski definition) is 5. The van der Waals surface area contributed by atoms with Crippen LogP contribution in [-0.2, 0) is 10.0 Å². The van der Waals surface area contributed by atoms with E-state index in [1.54, 1.807) is 30.3 Å². The van der Waals surface area contributed by atoms with Crippen LogP contribution >= 0.6 is 11.8 Å². The first-order valence-corrected chi connectivity index (χ1v) is 13.6. The molecule has 184 valence electrons. The average Bonchev–Trinajstić information content (AvgIpc) is 3.19. The van der Waals surface area contributed by atoms with Crippen molar-refractivity contribution in [3.8, 4) is 0 Å². The first-order chi connectivity index (χ1) is 17.8. The largest absolute Gasteiger partial charge is 0.314 e. The highest BCUT2D eigenvalue weighted by Crippen LogP contribution is 2.38. The van der Waals surface area contributed by atoms with E-state index >= 15 is 0 Å². The third-order valence-corrected chi connectivity index (χ3v) is 8.34. The highest BCUT2D eigenvalue weighted by atomic mass is 32.2. The second-order valence-electron chi connectivity index (χ2n) is 8.21. The van der Waals surface area contributed by atoms with Crippen molar-refractivity contribution in [2.75, 3.05) is 0 Å². The fourth-order valence-corrected chi connectivity index (χ4v) is 6.14. The summed E-state index contributed by atoms with van der Waals surface area (Å²) < 4.78 is 33.0. The van der Waals surface area contributed by atoms with Gasteiger partial charge in [0.15, 0.2) is 0 Å². The Bertz CT molecular complexity index is 1730. The lowest BCUT2D eigenvalue weighted by Gasteiger charge is -2.10. The quantitative estimate of drug-likeness (QED) is 0.136. The Labute approximate surface area is 218 Å². The van der Waals surface area contributed by atoms with Gasteiger partial charge < -0.3 is 4.40 Å². The van der Waals surface area contributed by atoms with Gasteiger partial charge in [-0.3, -0.25) is 10.1 Å². The molecule has 0 aliphatic heterocycles. The Kier molecular flexibility index (Phi) is 6.64. The van der Waals surface area contributed by atoms with Gasteiger partial charge in [-0.05, 0) is 48.9 Å². The molecule has 3 aromatic carbocycles. The van der Waals surface area contributed by atoms with E-state index in [0.29, 0.717) is 17.0 Å². The Hall–Kier alpha value is -4.21. The molecule has 0 fully saturated rings. The molecule has 7 nitrogen and oxygen atoms in total. The molecule has 0 radical (unpaired) electrons. The number of hydrogen-bond donors (Lipinski definition) is 0. The zero-order valence-electron chi connectivity index (χ0n) is 19.7. The molecule has 0 spiro atoms. The van der Waals surface area contributed by atoms with Gasteiger partial charge in [0.2, 0.25) is 0 Å². The smallest absolute Gasteiger partial charge is 0.282 e. The van der Waals surface area contributed by atoms with Gasteiger partial charge in [0.1, 0.15) is 5.71 Å². The summed E-state index contributed by atoms with van der Waals surface area (Å²) in [6.45, 7) is 1.93. The standard InChI is InChI=1S/C28H21N3O4S2/c1-20-27(26(21-10-4-2-5-11-21)29-37(34,35)24-12-6-3-7-13-24)30-19-9-8-14-25(30)28(20)36-23-17-15-22(16-18-23)31(32)33/h2-19H,1H3. The van der Waals surface area contributed by atoms with Crippen LogP contribution in [0.2, 0.25) is 0 Å². The van der Waals surface area contributed by atoms with Crippen molar-refractivity contribution in [3.05, 3.63) is 136 Å². The zero-order valence-corrected chi connectivity index (χ0v) is 21.3. The summed E-state index contributed by atoms with van der Waals surface area (Å²) in [5, 5.41) is 11.1. The zero-order chi connectivity index (χ0) is 26.0. The maximum atomic E-state index is 13.4. The number of nitrogens with zero attached hydrogens (tertiary/aromatic N) is 3. The lowest BCUT2D eigenvalue weighted by atomic mass is 10.1. The number of fused-ring (bicyclic) bond motifs is 1. The molecule has 0 bridgehead atoms. The summed E-state index contributed by atoms with van der Waals surface area (Å²) in [6, 6.07) is 29.5. The van der Waals surface area contributed by atoms with E-state index in [2.05, 4.69) is 4.40 Å². The van der Waals surface area contributed by atoms with Crippen molar-refractivity contribution in [2.24, 2.45) is 4.40 Å². The summed E-state index contributed by atoms with van der Waals surface area (Å²) in [7, 11) is -4.00. The Morgan fingerprint density at radius 2 is 1.49 bits per heavy atom. The summed E-state index contributed by atoms with van der Waals surface area (Å²) in [5.41, 5.74) is 3.40. The average molecular weight is 528 g/mol. The molecule has 0 saturated carbocycles. The van der Waals surface area contributed by atoms with Crippen LogP contribution in [0.3, 0.4) is 0 Å². The molecule has 0 N–H and O–H groups in total. The lowest BCUT2D eigenvalue weighted by Crippen LogP contribution is -2.12. The molecule has 0 saturated heterocycles. The third kappa shape index (κ3) is 4.91. The van der Waals surface area contributed by atoms with Gasteiger partial charge in [0, 0.05) is 33.7 Å². The van der Waals surface area contributed by atoms with Crippen molar-refractivity contribution < 1.29 is 13.3 Å². The van der Waals surface area contributed by atoms with E-state index in [0.717, 1.165) is 20.9 Å². The summed E-state index contributed by atoms with van der Waals surface area (Å²) in [5.74, 6) is 0. The number of rotatable bonds is 7. The molecule has 0 aliphatic carbocycles. The molecular formula is C28H21N3O4S2. The van der Waals surface area contributed by atoms with E-state index in [9.17, 15) is 18.5 Å². The van der Waals surface area contributed by atoms with E-state index in [1.165, 1.54) is 36.0 Å². The monoisotopic (exact) mass is 527 g/mol. The lowest BCUT2D eigenvalue weighted by molar-refractivity contribution is -0.384. The van der Waals surface area contributed by atoms with Gasteiger partial charge in [0.25, 0.3) is 15.7 Å². The molecule has 0 amide bonds. The SMILES string of the molecule is Cc1c(Sc2ccc([N+](=O)[O-])cc2)c2ccccn2c1C(=NS(=O)(=O)c1ccccc1)c1ccccc1. The van der Waals surface area contributed by atoms with E-state index < -0.39 is 14.9 Å². The topological polar surface area (TPSA) is 94.0 Å². The molecule has 2 heterocycles.